The summed E-state index contributed by atoms with van der Waals surface area (Å²) in [6, 6.07) is 0. The molecular weight excluding hydrogens is 185 g/mol. The smallest absolute Gasteiger partial charge is 0.364 e. The molecule has 0 atom stereocenters. The van der Waals surface area contributed by atoms with Crippen molar-refractivity contribution in [2.75, 3.05) is 7.11 Å². The Labute approximate surface area is 63.9 Å². The zero-order valence-electron chi connectivity index (χ0n) is 5.68. The monoisotopic (exact) mass is 188 g/mol. The summed E-state index contributed by atoms with van der Waals surface area (Å²) >= 11 is 0. The van der Waals surface area contributed by atoms with Crippen LogP contribution in [0.1, 0.15) is 0 Å². The first kappa shape index (κ1) is 10.7. The molecule has 70 valence electrons. The van der Waals surface area contributed by atoms with Crippen LogP contribution in [0.5, 0.6) is 0 Å². The van der Waals surface area contributed by atoms with Gasteiger partial charge in [0, 0.05) is 0 Å². The van der Waals surface area contributed by atoms with E-state index in [-0.39, 0.29) is 0 Å². The number of carbonyl (C=O) groups excluding carboxylic acids is 2. The van der Waals surface area contributed by atoms with Gasteiger partial charge >= 0.3 is 18.3 Å². The summed E-state index contributed by atoms with van der Waals surface area (Å²) in [5.74, 6) is -4.07. The fourth-order valence-electron chi connectivity index (χ4n) is 0.256. The molecule has 0 bridgehead atoms. The number of hydrogen-bond donors (Lipinski definition) is 0. The average Bonchev–Trinajstić information content (AvgIpc) is 1.84. The van der Waals surface area contributed by atoms with E-state index in [0.29, 0.717) is 0 Å². The highest BCUT2D eigenvalue weighted by molar-refractivity contribution is 6.29. The molecule has 0 aromatic rings. The molecule has 0 aromatic carbocycles. The number of halogens is 3. The van der Waals surface area contributed by atoms with Crippen LogP contribution in [0.25, 0.3) is 0 Å². The van der Waals surface area contributed by atoms with Gasteiger partial charge in [0.05, 0.1) is 7.11 Å². The molecule has 0 radical (unpaired) electrons. The second-order valence-electron chi connectivity index (χ2n) is 1.37. The van der Waals surface area contributed by atoms with Crippen LogP contribution in [-0.4, -0.2) is 25.4 Å². The van der Waals surface area contributed by atoms with Crippen molar-refractivity contribution in [2.24, 2.45) is 0 Å². The summed E-state index contributed by atoms with van der Waals surface area (Å²) in [7, 11) is 0.846. The van der Waals surface area contributed by atoms with Gasteiger partial charge in [0.25, 0.3) is 0 Å². The maximum Gasteiger partial charge on any atom is 0.575 e. The topological polar surface area (TPSA) is 61.8 Å². The highest BCUT2D eigenvalue weighted by Gasteiger charge is 2.37. The third kappa shape index (κ3) is 4.50. The van der Waals surface area contributed by atoms with Gasteiger partial charge in [-0.05, 0) is 0 Å². The molecule has 0 N–H and O–H groups in total. The third-order valence-electron chi connectivity index (χ3n) is 0.534. The van der Waals surface area contributed by atoms with Gasteiger partial charge in [0.2, 0.25) is 0 Å². The van der Waals surface area contributed by atoms with E-state index < -0.39 is 18.3 Å². The van der Waals surface area contributed by atoms with Crippen LogP contribution < -0.4 is 0 Å². The predicted molar refractivity (Wildman–Crippen MR) is 25.2 cm³/mol. The van der Waals surface area contributed by atoms with Crippen LogP contribution in [0.4, 0.5) is 13.2 Å². The summed E-state index contributed by atoms with van der Waals surface area (Å²) in [4.78, 5) is 27.2. The van der Waals surface area contributed by atoms with Crippen LogP contribution in [0.2, 0.25) is 0 Å². The first-order valence-corrected chi connectivity index (χ1v) is 2.41. The largest absolute Gasteiger partial charge is 0.575 e. The van der Waals surface area contributed by atoms with Crippen LogP contribution in [-0.2, 0) is 24.1 Å². The molecule has 0 spiro atoms. The van der Waals surface area contributed by atoms with Gasteiger partial charge in [-0.1, -0.05) is 0 Å². The minimum atomic E-state index is -5.20. The van der Waals surface area contributed by atoms with E-state index in [1.807, 2.05) is 0 Å². The molecule has 0 amide bonds. The molecule has 0 aromatic heterocycles. The van der Waals surface area contributed by atoms with Crippen molar-refractivity contribution in [1.82, 2.24) is 0 Å². The lowest BCUT2D eigenvalue weighted by molar-refractivity contribution is -0.311. The van der Waals surface area contributed by atoms with Crippen molar-refractivity contribution in [1.29, 1.82) is 0 Å². The summed E-state index contributed by atoms with van der Waals surface area (Å²) in [6.45, 7) is 0. The Morgan fingerprint density at radius 1 is 1.17 bits per heavy atom. The Morgan fingerprint density at radius 3 is 2.00 bits per heavy atom. The van der Waals surface area contributed by atoms with Crippen molar-refractivity contribution >= 4 is 11.9 Å². The van der Waals surface area contributed by atoms with E-state index in [1.165, 1.54) is 0 Å². The van der Waals surface area contributed by atoms with Crippen molar-refractivity contribution < 1.29 is 37.3 Å². The highest BCUT2D eigenvalue weighted by atomic mass is 19.4. The van der Waals surface area contributed by atoms with E-state index in [4.69, 9.17) is 0 Å². The SMILES string of the molecule is COOC(=O)C(=O)OC(F)(F)F. The summed E-state index contributed by atoms with van der Waals surface area (Å²) in [5, 5.41) is 0. The maximum atomic E-state index is 11.2. The highest BCUT2D eigenvalue weighted by Crippen LogP contribution is 2.16. The van der Waals surface area contributed by atoms with Gasteiger partial charge in [-0.3, -0.25) is 4.89 Å². The van der Waals surface area contributed by atoms with Gasteiger partial charge < -0.3 is 4.74 Å². The number of ether oxygens (including phenoxy) is 1. The minimum absolute atomic E-state index is 0.846. The van der Waals surface area contributed by atoms with E-state index >= 15 is 0 Å². The number of alkyl halides is 3. The number of rotatable bonds is 1. The van der Waals surface area contributed by atoms with Crippen LogP contribution in [0, 0.1) is 0 Å². The lowest BCUT2D eigenvalue weighted by Gasteiger charge is -2.04. The molecule has 0 aliphatic heterocycles. The molecule has 0 aliphatic rings. The van der Waals surface area contributed by atoms with Gasteiger partial charge in [0.15, 0.2) is 0 Å². The molecule has 0 aliphatic carbocycles. The standard InChI is InChI=1S/C4H3F3O5/c1-10-12-3(9)2(8)11-4(5,6)7/h1H3. The summed E-state index contributed by atoms with van der Waals surface area (Å²) < 4.78 is 36.3. The van der Waals surface area contributed by atoms with E-state index in [2.05, 4.69) is 14.5 Å². The predicted octanol–water partition coefficient (Wildman–Crippen LogP) is 0.154. The Bertz CT molecular complexity index is 186. The Balaban J connectivity index is 3.97. The zero-order valence-corrected chi connectivity index (χ0v) is 5.68. The molecule has 0 unspecified atom stereocenters. The molecule has 5 nitrogen and oxygen atoms in total. The molecule has 0 heterocycles. The van der Waals surface area contributed by atoms with Crippen LogP contribution >= 0.6 is 0 Å². The van der Waals surface area contributed by atoms with Gasteiger partial charge in [-0.2, -0.15) is 4.89 Å². The van der Waals surface area contributed by atoms with Crippen molar-refractivity contribution in [3.8, 4) is 0 Å². The molecule has 0 saturated carbocycles. The molecule has 0 rings (SSSR count). The Kier molecular flexibility index (Phi) is 3.48. The van der Waals surface area contributed by atoms with Gasteiger partial charge in [0.1, 0.15) is 0 Å². The van der Waals surface area contributed by atoms with Crippen molar-refractivity contribution in [3.05, 3.63) is 0 Å². The van der Waals surface area contributed by atoms with Gasteiger partial charge in [-0.15, -0.1) is 13.2 Å². The third-order valence-corrected chi connectivity index (χ3v) is 0.534. The molecule has 0 fully saturated rings. The van der Waals surface area contributed by atoms with Crippen LogP contribution in [0.15, 0.2) is 0 Å². The summed E-state index contributed by atoms with van der Waals surface area (Å²) in [5.41, 5.74) is 0. The molecular formula is C4H3F3O5. The first-order chi connectivity index (χ1) is 5.37. The first-order valence-electron chi connectivity index (χ1n) is 2.41. The number of hydrogen-bond acceptors (Lipinski definition) is 5. The second kappa shape index (κ2) is 3.90. The zero-order chi connectivity index (χ0) is 9.78. The lowest BCUT2D eigenvalue weighted by Crippen LogP contribution is -2.27. The fourth-order valence-corrected chi connectivity index (χ4v) is 0.256. The van der Waals surface area contributed by atoms with E-state index in [0.717, 1.165) is 7.11 Å². The Morgan fingerprint density at radius 2 is 1.67 bits per heavy atom. The van der Waals surface area contributed by atoms with Crippen molar-refractivity contribution in [2.45, 2.75) is 6.36 Å². The number of esters is 1. The average molecular weight is 188 g/mol. The summed E-state index contributed by atoms with van der Waals surface area (Å²) in [6.07, 6.45) is -5.20. The normalized spacial score (nSPS) is 10.7. The molecule has 0 saturated heterocycles. The van der Waals surface area contributed by atoms with E-state index in [1.54, 1.807) is 0 Å². The van der Waals surface area contributed by atoms with E-state index in [9.17, 15) is 22.8 Å². The number of carbonyl (C=O) groups is 2. The minimum Gasteiger partial charge on any atom is -0.364 e. The molecule has 12 heavy (non-hydrogen) atoms. The molecule has 8 heteroatoms. The quantitative estimate of drug-likeness (QED) is 0.254. The van der Waals surface area contributed by atoms with Crippen LogP contribution in [0.3, 0.4) is 0 Å². The Hall–Kier alpha value is -1.31. The van der Waals surface area contributed by atoms with Crippen molar-refractivity contribution in [3.63, 3.8) is 0 Å². The fraction of sp³-hybridized carbons (Fsp3) is 0.500. The van der Waals surface area contributed by atoms with Gasteiger partial charge in [-0.25, -0.2) is 9.59 Å². The maximum absolute atomic E-state index is 11.2. The second-order valence-corrected chi connectivity index (χ2v) is 1.37. The lowest BCUT2D eigenvalue weighted by atomic mass is 10.7.